The fourth-order valence-corrected chi connectivity index (χ4v) is 9.25. The quantitative estimate of drug-likeness (QED) is 0.107. The Morgan fingerprint density at radius 1 is 0.766 bits per heavy atom. The second-order valence-electron chi connectivity index (χ2n) is 16.6. The van der Waals surface area contributed by atoms with E-state index in [2.05, 4.69) is 48.1 Å². The maximum atomic E-state index is 13.6. The molecule has 0 unspecified atom stereocenters. The number of carboxylic acid groups (broad SMARTS) is 2. The van der Waals surface area contributed by atoms with Crippen molar-refractivity contribution in [3.8, 4) is 39.8 Å². The van der Waals surface area contributed by atoms with E-state index in [1.54, 1.807) is 36.8 Å². The van der Waals surface area contributed by atoms with Crippen LogP contribution in [0.1, 0.15) is 77.5 Å². The Balaban J connectivity index is 1.03. The Morgan fingerprint density at radius 2 is 1.42 bits per heavy atom. The number of ether oxygens (including phenoxy) is 2. The van der Waals surface area contributed by atoms with Crippen molar-refractivity contribution in [2.75, 3.05) is 13.1 Å². The minimum Gasteiger partial charge on any atom is -0.488 e. The molecule has 13 nitrogen and oxygen atoms in total. The highest BCUT2D eigenvalue weighted by Gasteiger charge is 2.31. The molecule has 64 heavy (non-hydrogen) atoms. The Hall–Kier alpha value is -6.59. The number of piperidine rings is 2. The highest BCUT2D eigenvalue weighted by Crippen LogP contribution is 2.38. The number of hydrogen-bond acceptors (Lipinski definition) is 10. The van der Waals surface area contributed by atoms with E-state index in [1.165, 1.54) is 10.6 Å². The molecule has 2 saturated heterocycles. The summed E-state index contributed by atoms with van der Waals surface area (Å²) in [5.41, 5.74) is 9.60. The Kier molecular flexibility index (Phi) is 13.4. The number of nitrogens with zero attached hydrogens (tertiary/aromatic N) is 6. The van der Waals surface area contributed by atoms with Crippen molar-refractivity contribution in [2.45, 2.75) is 90.8 Å². The van der Waals surface area contributed by atoms with Gasteiger partial charge in [0, 0.05) is 55.1 Å². The van der Waals surface area contributed by atoms with Gasteiger partial charge in [-0.25, -0.2) is 4.98 Å². The number of benzene rings is 3. The highest BCUT2D eigenvalue weighted by molar-refractivity contribution is 6.32. The van der Waals surface area contributed by atoms with Gasteiger partial charge in [0.2, 0.25) is 0 Å². The minimum atomic E-state index is -0.864. The molecule has 0 spiro atoms. The average Bonchev–Trinajstić information content (AvgIpc) is 3.30. The number of hydrogen-bond donors (Lipinski definition) is 2. The van der Waals surface area contributed by atoms with Gasteiger partial charge in [-0.3, -0.25) is 33.6 Å². The summed E-state index contributed by atoms with van der Waals surface area (Å²) in [6, 6.07) is 22.2. The lowest BCUT2D eigenvalue weighted by molar-refractivity contribution is -0.145. The van der Waals surface area contributed by atoms with E-state index < -0.39 is 24.0 Å². The molecule has 0 saturated carbocycles. The molecule has 3 aromatic heterocycles. The smallest absolute Gasteiger partial charge is 0.320 e. The maximum Gasteiger partial charge on any atom is 0.320 e. The Morgan fingerprint density at radius 3 is 2.12 bits per heavy atom. The molecule has 0 aliphatic carbocycles. The van der Waals surface area contributed by atoms with Crippen molar-refractivity contribution in [2.24, 2.45) is 0 Å². The third-order valence-corrected chi connectivity index (χ3v) is 12.8. The molecule has 0 bridgehead atoms. The van der Waals surface area contributed by atoms with E-state index in [-0.39, 0.29) is 25.3 Å². The predicted octanol–water partition coefficient (Wildman–Crippen LogP) is 8.60. The van der Waals surface area contributed by atoms with Crippen molar-refractivity contribution in [3.63, 3.8) is 0 Å². The van der Waals surface area contributed by atoms with Crippen LogP contribution in [0, 0.1) is 25.2 Å². The minimum absolute atomic E-state index is 0.128. The summed E-state index contributed by atoms with van der Waals surface area (Å²) in [7, 11) is 0. The first kappa shape index (κ1) is 44.0. The van der Waals surface area contributed by atoms with Gasteiger partial charge in [0.25, 0.3) is 5.56 Å². The Bertz CT molecular complexity index is 2840. The number of carboxylic acids is 2. The fourth-order valence-electron chi connectivity index (χ4n) is 9.01. The van der Waals surface area contributed by atoms with Gasteiger partial charge in [-0.15, -0.1) is 0 Å². The molecule has 328 valence electrons. The summed E-state index contributed by atoms with van der Waals surface area (Å²) in [4.78, 5) is 50.2. The summed E-state index contributed by atoms with van der Waals surface area (Å²) < 4.78 is 14.3. The van der Waals surface area contributed by atoms with Crippen molar-refractivity contribution < 1.29 is 29.3 Å². The van der Waals surface area contributed by atoms with Gasteiger partial charge in [-0.05, 0) is 116 Å². The van der Waals surface area contributed by atoms with Crippen LogP contribution in [0.5, 0.6) is 11.5 Å². The SMILES string of the molecule is Cc1c(COc2cc(OCc3cncc(C#N)c3)c(CN3CCCC[C@H]3C(=O)O)cc2Cl)cccc1-c1cccc(-c2ccn3c(=O)c(CN4CCCC[C@@H]4C(=O)O)cnc3c2)c1C. The monoisotopic (exact) mass is 880 g/mol. The zero-order valence-electron chi connectivity index (χ0n) is 35.8. The van der Waals surface area contributed by atoms with Crippen molar-refractivity contribution in [1.82, 2.24) is 24.2 Å². The van der Waals surface area contributed by atoms with Crippen LogP contribution in [0.2, 0.25) is 5.02 Å². The standard InChI is InChI=1S/C50H49ClN6O7/c1-31-36(30-64-46-22-45(63-29-34-19-33(23-52)24-53-25-34)37(20-42(46)51)27-55-16-5-3-13-43(55)49(59)60)9-7-11-40(31)41-12-8-10-39(32(41)2)35-15-18-57-47(21-35)54-26-38(48(57)58)28-56-17-6-4-14-44(56)50(61)62/h7-12,15,18-22,24-26,43-44H,3-6,13-14,16-17,27-30H2,1-2H3,(H,59,60)(H,61,62)/t43-,44+/m0/s1. The number of likely N-dealkylation sites (tertiary alicyclic amines) is 2. The number of halogens is 1. The summed E-state index contributed by atoms with van der Waals surface area (Å²) >= 11 is 6.91. The lowest BCUT2D eigenvalue weighted by Gasteiger charge is -2.33. The van der Waals surface area contributed by atoms with E-state index in [9.17, 15) is 29.9 Å². The number of fused-ring (bicyclic) bond motifs is 1. The van der Waals surface area contributed by atoms with E-state index in [4.69, 9.17) is 21.1 Å². The summed E-state index contributed by atoms with van der Waals surface area (Å²) in [6.45, 7) is 6.30. The van der Waals surface area contributed by atoms with Gasteiger partial charge < -0.3 is 19.7 Å². The molecular weight excluding hydrogens is 832 g/mol. The van der Waals surface area contributed by atoms with Crippen LogP contribution in [-0.2, 0) is 35.9 Å². The van der Waals surface area contributed by atoms with Crippen LogP contribution < -0.4 is 15.0 Å². The van der Waals surface area contributed by atoms with Crippen LogP contribution in [0.3, 0.4) is 0 Å². The third-order valence-electron chi connectivity index (χ3n) is 12.5. The second kappa shape index (κ2) is 19.4. The van der Waals surface area contributed by atoms with Crippen LogP contribution >= 0.6 is 11.6 Å². The zero-order valence-corrected chi connectivity index (χ0v) is 36.6. The van der Waals surface area contributed by atoms with E-state index in [0.717, 1.165) is 70.2 Å². The van der Waals surface area contributed by atoms with Crippen molar-refractivity contribution in [1.29, 1.82) is 5.26 Å². The molecule has 3 aromatic carbocycles. The maximum absolute atomic E-state index is 13.6. The molecule has 8 rings (SSSR count). The summed E-state index contributed by atoms with van der Waals surface area (Å²) in [6.07, 6.45) is 11.1. The highest BCUT2D eigenvalue weighted by atomic mass is 35.5. The molecule has 14 heteroatoms. The lowest BCUT2D eigenvalue weighted by Crippen LogP contribution is -2.45. The molecule has 0 amide bonds. The first-order valence-corrected chi connectivity index (χ1v) is 21.9. The third kappa shape index (κ3) is 9.50. The lowest BCUT2D eigenvalue weighted by atomic mass is 9.90. The Labute approximate surface area is 376 Å². The summed E-state index contributed by atoms with van der Waals surface area (Å²) in [5.74, 6) is -0.811. The number of nitriles is 1. The average molecular weight is 881 g/mol. The van der Waals surface area contributed by atoms with Crippen LogP contribution in [0.4, 0.5) is 0 Å². The van der Waals surface area contributed by atoms with Crippen LogP contribution in [0.15, 0.2) is 96.3 Å². The first-order chi connectivity index (χ1) is 31.0. The number of aliphatic carboxylic acids is 2. The molecule has 2 aliphatic rings. The number of pyridine rings is 2. The molecule has 2 atom stereocenters. The van der Waals surface area contributed by atoms with Gasteiger partial charge in [0.1, 0.15) is 48.5 Å². The van der Waals surface area contributed by atoms with Crippen LogP contribution in [-0.4, -0.2) is 71.5 Å². The molecule has 2 aliphatic heterocycles. The molecule has 2 fully saturated rings. The first-order valence-electron chi connectivity index (χ1n) is 21.5. The van der Waals surface area contributed by atoms with Gasteiger partial charge >= 0.3 is 11.9 Å². The van der Waals surface area contributed by atoms with E-state index in [0.29, 0.717) is 71.3 Å². The largest absolute Gasteiger partial charge is 0.488 e. The summed E-state index contributed by atoms with van der Waals surface area (Å²) in [5, 5.41) is 29.5. The predicted molar refractivity (Wildman–Crippen MR) is 242 cm³/mol. The molecule has 2 N–H and O–H groups in total. The van der Waals surface area contributed by atoms with Gasteiger partial charge in [-0.2, -0.15) is 5.26 Å². The molecular formula is C50H49ClN6O7. The van der Waals surface area contributed by atoms with Crippen LogP contribution in [0.25, 0.3) is 27.9 Å². The van der Waals surface area contributed by atoms with Gasteiger partial charge in [-0.1, -0.05) is 60.8 Å². The van der Waals surface area contributed by atoms with E-state index >= 15 is 0 Å². The number of aromatic nitrogens is 3. The molecule has 6 aromatic rings. The number of carbonyl (C=O) groups is 2. The molecule has 5 heterocycles. The van der Waals surface area contributed by atoms with Gasteiger partial charge in [0.05, 0.1) is 16.1 Å². The zero-order chi connectivity index (χ0) is 44.9. The fraction of sp³-hybridized carbons (Fsp3) is 0.320. The van der Waals surface area contributed by atoms with E-state index in [1.807, 2.05) is 40.1 Å². The topological polar surface area (TPSA) is 171 Å². The van der Waals surface area contributed by atoms with Crippen molar-refractivity contribution >= 4 is 29.2 Å². The van der Waals surface area contributed by atoms with Crippen molar-refractivity contribution in [3.05, 3.63) is 146 Å². The second-order valence-corrected chi connectivity index (χ2v) is 17.0. The molecule has 0 radical (unpaired) electrons. The normalized spacial score (nSPS) is 16.9. The van der Waals surface area contributed by atoms with Gasteiger partial charge in [0.15, 0.2) is 0 Å². The number of rotatable bonds is 14.